The van der Waals surface area contributed by atoms with Gasteiger partial charge in [-0.25, -0.2) is 19.9 Å². The van der Waals surface area contributed by atoms with Gasteiger partial charge < -0.3 is 4.42 Å². The third kappa shape index (κ3) is 4.86. The molecule has 0 saturated carbocycles. The first-order valence-corrected chi connectivity index (χ1v) is 18.3. The second-order valence-corrected chi connectivity index (χ2v) is 14.2. The number of aromatic nitrogens is 5. The topological polar surface area (TPSA) is 69.6 Å². The molecule has 6 nitrogen and oxygen atoms in total. The van der Waals surface area contributed by atoms with Gasteiger partial charge >= 0.3 is 0 Å². The van der Waals surface area contributed by atoms with E-state index in [1.165, 1.54) is 20.2 Å². The van der Waals surface area contributed by atoms with Crippen LogP contribution in [0.1, 0.15) is 0 Å². The number of furan rings is 1. The van der Waals surface area contributed by atoms with E-state index in [1.54, 1.807) is 11.3 Å². The van der Waals surface area contributed by atoms with Gasteiger partial charge in [0.1, 0.15) is 17.0 Å². The molecule has 0 aliphatic carbocycles. The number of fused-ring (bicyclic) bond motifs is 7. The van der Waals surface area contributed by atoms with E-state index in [0.717, 1.165) is 66.7 Å². The highest BCUT2D eigenvalue weighted by molar-refractivity contribution is 7.25. The zero-order chi connectivity index (χ0) is 34.9. The first-order chi connectivity index (χ1) is 26.2. The summed E-state index contributed by atoms with van der Waals surface area (Å²) in [6, 6.07) is 56.2. The van der Waals surface area contributed by atoms with Crippen molar-refractivity contribution in [1.82, 2.24) is 24.5 Å². The van der Waals surface area contributed by atoms with E-state index in [4.69, 9.17) is 24.4 Å². The summed E-state index contributed by atoms with van der Waals surface area (Å²) in [5, 5.41) is 4.41. The summed E-state index contributed by atoms with van der Waals surface area (Å²) in [7, 11) is 0. The van der Waals surface area contributed by atoms with Gasteiger partial charge in [-0.1, -0.05) is 103 Å². The van der Waals surface area contributed by atoms with E-state index >= 15 is 0 Å². The lowest BCUT2D eigenvalue weighted by molar-refractivity contribution is 0.669. The van der Waals surface area contributed by atoms with E-state index in [2.05, 4.69) is 108 Å². The van der Waals surface area contributed by atoms with Gasteiger partial charge in [-0.3, -0.25) is 4.57 Å². The average molecular weight is 698 g/mol. The van der Waals surface area contributed by atoms with Gasteiger partial charge in [-0.2, -0.15) is 0 Å². The summed E-state index contributed by atoms with van der Waals surface area (Å²) in [5.41, 5.74) is 8.30. The molecule has 248 valence electrons. The number of hydrogen-bond donors (Lipinski definition) is 0. The number of para-hydroxylation sites is 3. The maximum absolute atomic E-state index is 6.49. The molecular formula is C46H27N5OS. The summed E-state index contributed by atoms with van der Waals surface area (Å²) in [6.45, 7) is 0. The van der Waals surface area contributed by atoms with Crippen LogP contribution >= 0.6 is 11.3 Å². The molecule has 0 bridgehead atoms. The van der Waals surface area contributed by atoms with Gasteiger partial charge in [-0.15, -0.1) is 11.3 Å². The van der Waals surface area contributed by atoms with Crippen LogP contribution in [-0.2, 0) is 0 Å². The molecular weight excluding hydrogens is 671 g/mol. The second-order valence-electron chi connectivity index (χ2n) is 13.1. The van der Waals surface area contributed by atoms with E-state index in [0.29, 0.717) is 17.5 Å². The number of rotatable bonds is 5. The van der Waals surface area contributed by atoms with Crippen molar-refractivity contribution in [3.05, 3.63) is 164 Å². The minimum atomic E-state index is 0.584. The quantitative estimate of drug-likeness (QED) is 0.179. The normalized spacial score (nSPS) is 11.8. The summed E-state index contributed by atoms with van der Waals surface area (Å²) in [6.07, 6.45) is 0. The number of benzene rings is 7. The summed E-state index contributed by atoms with van der Waals surface area (Å²) in [4.78, 5) is 20.5. The maximum Gasteiger partial charge on any atom is 0.164 e. The monoisotopic (exact) mass is 697 g/mol. The first kappa shape index (κ1) is 29.7. The van der Waals surface area contributed by atoms with Gasteiger partial charge in [0, 0.05) is 58.9 Å². The molecule has 4 heterocycles. The Labute approximate surface area is 307 Å². The molecule has 0 N–H and O–H groups in total. The summed E-state index contributed by atoms with van der Waals surface area (Å²) < 4.78 is 11.2. The Balaban J connectivity index is 1.13. The highest BCUT2D eigenvalue weighted by atomic mass is 32.1. The SMILES string of the molecule is c1ccc(-c2nc(-c3ccc4c(c3)sc3ccccc34)nc(-c3cccc4oc5ccc(-c6nc7ccccc7n6-c6ccccc6)cc5c34)n2)cc1. The van der Waals surface area contributed by atoms with Crippen LogP contribution in [-0.4, -0.2) is 24.5 Å². The fraction of sp³-hybridized carbons (Fsp3) is 0. The molecule has 0 fully saturated rings. The third-order valence-corrected chi connectivity index (χ3v) is 11.0. The fourth-order valence-electron chi connectivity index (χ4n) is 7.42. The van der Waals surface area contributed by atoms with E-state index in [-0.39, 0.29) is 0 Å². The van der Waals surface area contributed by atoms with Crippen molar-refractivity contribution >= 4 is 64.5 Å². The van der Waals surface area contributed by atoms with Crippen molar-refractivity contribution < 1.29 is 4.42 Å². The van der Waals surface area contributed by atoms with E-state index in [1.807, 2.05) is 60.7 Å². The van der Waals surface area contributed by atoms with Crippen LogP contribution < -0.4 is 0 Å². The molecule has 0 saturated heterocycles. The van der Waals surface area contributed by atoms with Crippen molar-refractivity contribution in [1.29, 1.82) is 0 Å². The van der Waals surface area contributed by atoms with E-state index < -0.39 is 0 Å². The van der Waals surface area contributed by atoms with Gasteiger partial charge in [0.15, 0.2) is 17.5 Å². The Hall–Kier alpha value is -6.96. The molecule has 11 rings (SSSR count). The Kier molecular flexibility index (Phi) is 6.62. The minimum absolute atomic E-state index is 0.584. The first-order valence-electron chi connectivity index (χ1n) is 17.5. The molecule has 0 spiro atoms. The number of thiophene rings is 1. The molecule has 0 radical (unpaired) electrons. The van der Waals surface area contributed by atoms with Crippen LogP contribution in [0.15, 0.2) is 168 Å². The summed E-state index contributed by atoms with van der Waals surface area (Å²) in [5.74, 6) is 2.68. The molecule has 0 unspecified atom stereocenters. The van der Waals surface area contributed by atoms with Crippen molar-refractivity contribution in [2.45, 2.75) is 0 Å². The third-order valence-electron chi connectivity index (χ3n) is 9.87. The van der Waals surface area contributed by atoms with Gasteiger partial charge in [0.05, 0.1) is 11.0 Å². The number of hydrogen-bond acceptors (Lipinski definition) is 6. The van der Waals surface area contributed by atoms with Crippen LogP contribution in [0.2, 0.25) is 0 Å². The molecule has 0 aliphatic rings. The largest absolute Gasteiger partial charge is 0.456 e. The van der Waals surface area contributed by atoms with Gasteiger partial charge in [-0.05, 0) is 60.7 Å². The molecule has 0 aliphatic heterocycles. The van der Waals surface area contributed by atoms with Gasteiger partial charge in [0.2, 0.25) is 0 Å². The Morgan fingerprint density at radius 1 is 0.453 bits per heavy atom. The van der Waals surface area contributed by atoms with Crippen LogP contribution in [0.25, 0.3) is 104 Å². The zero-order valence-electron chi connectivity index (χ0n) is 28.1. The minimum Gasteiger partial charge on any atom is -0.456 e. The highest BCUT2D eigenvalue weighted by Gasteiger charge is 2.20. The summed E-state index contributed by atoms with van der Waals surface area (Å²) >= 11 is 1.79. The van der Waals surface area contributed by atoms with Crippen molar-refractivity contribution in [3.63, 3.8) is 0 Å². The lowest BCUT2D eigenvalue weighted by Gasteiger charge is -2.10. The Bertz CT molecular complexity index is 3180. The van der Waals surface area contributed by atoms with Crippen LogP contribution in [0.3, 0.4) is 0 Å². The smallest absolute Gasteiger partial charge is 0.164 e. The maximum atomic E-state index is 6.49. The molecule has 0 atom stereocenters. The second kappa shape index (κ2) is 11.8. The van der Waals surface area contributed by atoms with Crippen LogP contribution in [0.5, 0.6) is 0 Å². The van der Waals surface area contributed by atoms with Crippen molar-refractivity contribution in [2.75, 3.05) is 0 Å². The predicted octanol–water partition coefficient (Wildman–Crippen LogP) is 12.1. The Morgan fingerprint density at radius 2 is 1.17 bits per heavy atom. The predicted molar refractivity (Wildman–Crippen MR) is 216 cm³/mol. The highest BCUT2D eigenvalue weighted by Crippen LogP contribution is 2.40. The standard InChI is InChI=1S/C46H27N5OS/c1-3-12-28(13-4-1)43-48-44(29-22-24-33-32-16-7-10-21-40(32)53-41(33)27-29)50-45(49-43)34-17-11-20-39-42(34)35-26-30(23-25-38(35)52-39)46-47-36-18-8-9-19-37(36)51(46)31-14-5-2-6-15-31/h1-27H. The number of imidazole rings is 1. The number of nitrogens with zero attached hydrogens (tertiary/aromatic N) is 5. The van der Waals surface area contributed by atoms with Crippen LogP contribution in [0, 0.1) is 0 Å². The molecule has 53 heavy (non-hydrogen) atoms. The van der Waals surface area contributed by atoms with Gasteiger partial charge in [0.25, 0.3) is 0 Å². The molecule has 7 heteroatoms. The Morgan fingerprint density at radius 3 is 2.06 bits per heavy atom. The molecule has 0 amide bonds. The van der Waals surface area contributed by atoms with Crippen molar-refractivity contribution in [3.8, 4) is 51.2 Å². The molecule has 11 aromatic rings. The average Bonchev–Trinajstić information content (AvgIpc) is 3.92. The fourth-order valence-corrected chi connectivity index (χ4v) is 8.56. The zero-order valence-corrected chi connectivity index (χ0v) is 29.0. The van der Waals surface area contributed by atoms with E-state index in [9.17, 15) is 0 Å². The lowest BCUT2D eigenvalue weighted by atomic mass is 10.0. The molecule has 4 aromatic heterocycles. The van der Waals surface area contributed by atoms with Crippen molar-refractivity contribution in [2.24, 2.45) is 0 Å². The molecule has 7 aromatic carbocycles. The van der Waals surface area contributed by atoms with Crippen LogP contribution in [0.4, 0.5) is 0 Å². The lowest BCUT2D eigenvalue weighted by Crippen LogP contribution is -2.00.